The van der Waals surface area contributed by atoms with Crippen molar-refractivity contribution in [2.45, 2.75) is 33.1 Å². The molecule has 4 rings (SSSR count). The molecule has 32 heavy (non-hydrogen) atoms. The molecule has 1 aliphatic rings. The third-order valence-corrected chi connectivity index (χ3v) is 6.78. The summed E-state index contributed by atoms with van der Waals surface area (Å²) in [6, 6.07) is 12.2. The van der Waals surface area contributed by atoms with Gasteiger partial charge in [0.05, 0.1) is 11.1 Å². The average Bonchev–Trinajstić information content (AvgIpc) is 3.48. The SMILES string of the molecule is CCNC(=O)[C@@]1(Cc2cccc(-c3ccncc3)c2)CCN(C(=O)c2snnc2CC)C1. The van der Waals surface area contributed by atoms with Crippen LogP contribution in [-0.2, 0) is 17.6 Å². The Morgan fingerprint density at radius 1 is 1.16 bits per heavy atom. The van der Waals surface area contributed by atoms with Crippen LogP contribution in [0.5, 0.6) is 0 Å². The fraction of sp³-hybridized carbons (Fsp3) is 0.375. The molecule has 1 atom stereocenters. The van der Waals surface area contributed by atoms with Crippen molar-refractivity contribution in [2.75, 3.05) is 19.6 Å². The number of amides is 2. The molecule has 1 saturated heterocycles. The molecule has 0 spiro atoms. The van der Waals surface area contributed by atoms with E-state index in [0.717, 1.165) is 33.9 Å². The van der Waals surface area contributed by atoms with E-state index in [1.165, 1.54) is 0 Å². The van der Waals surface area contributed by atoms with Crippen LogP contribution in [0.3, 0.4) is 0 Å². The van der Waals surface area contributed by atoms with Crippen LogP contribution in [0.25, 0.3) is 11.1 Å². The minimum atomic E-state index is -0.660. The molecule has 0 saturated carbocycles. The van der Waals surface area contributed by atoms with Gasteiger partial charge in [-0.15, -0.1) is 5.10 Å². The molecule has 2 amide bonds. The Morgan fingerprint density at radius 3 is 2.72 bits per heavy atom. The van der Waals surface area contributed by atoms with Gasteiger partial charge in [0.2, 0.25) is 5.91 Å². The number of benzene rings is 1. The van der Waals surface area contributed by atoms with Crippen molar-refractivity contribution >= 4 is 23.3 Å². The molecular weight excluding hydrogens is 422 g/mol. The maximum absolute atomic E-state index is 13.2. The summed E-state index contributed by atoms with van der Waals surface area (Å²) < 4.78 is 3.95. The third-order valence-electron chi connectivity index (χ3n) is 6.03. The highest BCUT2D eigenvalue weighted by Crippen LogP contribution is 2.36. The van der Waals surface area contributed by atoms with Gasteiger partial charge in [0.25, 0.3) is 5.91 Å². The monoisotopic (exact) mass is 449 g/mol. The van der Waals surface area contributed by atoms with Crippen molar-refractivity contribution in [1.82, 2.24) is 24.8 Å². The summed E-state index contributed by atoms with van der Waals surface area (Å²) in [5.74, 6) is -0.0729. The van der Waals surface area contributed by atoms with Crippen LogP contribution in [0.1, 0.15) is 41.2 Å². The highest BCUT2D eigenvalue weighted by atomic mass is 32.1. The molecule has 0 aliphatic carbocycles. The molecule has 0 unspecified atom stereocenters. The number of likely N-dealkylation sites (tertiary alicyclic amines) is 1. The summed E-state index contributed by atoms with van der Waals surface area (Å²) in [4.78, 5) is 32.9. The summed E-state index contributed by atoms with van der Waals surface area (Å²) in [6.45, 7) is 5.37. The summed E-state index contributed by atoms with van der Waals surface area (Å²) >= 11 is 1.13. The van der Waals surface area contributed by atoms with Crippen molar-refractivity contribution < 1.29 is 9.59 Å². The van der Waals surface area contributed by atoms with E-state index in [0.29, 0.717) is 43.8 Å². The molecule has 0 radical (unpaired) electrons. The van der Waals surface area contributed by atoms with Gasteiger partial charge in [-0.1, -0.05) is 35.7 Å². The molecule has 1 aliphatic heterocycles. The van der Waals surface area contributed by atoms with Gasteiger partial charge < -0.3 is 10.2 Å². The van der Waals surface area contributed by atoms with Crippen LogP contribution in [0.2, 0.25) is 0 Å². The van der Waals surface area contributed by atoms with E-state index < -0.39 is 5.41 Å². The van der Waals surface area contributed by atoms with Crippen molar-refractivity contribution in [3.63, 3.8) is 0 Å². The predicted octanol–water partition coefficient (Wildman–Crippen LogP) is 3.37. The average molecular weight is 450 g/mol. The summed E-state index contributed by atoms with van der Waals surface area (Å²) in [6.07, 6.45) is 5.41. The zero-order chi connectivity index (χ0) is 22.6. The lowest BCUT2D eigenvalue weighted by Gasteiger charge is -2.28. The van der Waals surface area contributed by atoms with Crippen LogP contribution < -0.4 is 5.32 Å². The van der Waals surface area contributed by atoms with E-state index in [-0.39, 0.29) is 11.8 Å². The topological polar surface area (TPSA) is 88.1 Å². The van der Waals surface area contributed by atoms with Gasteiger partial charge in [0.15, 0.2) is 0 Å². The zero-order valence-electron chi connectivity index (χ0n) is 18.4. The molecular formula is C24H27N5O2S. The van der Waals surface area contributed by atoms with Gasteiger partial charge in [-0.3, -0.25) is 14.6 Å². The van der Waals surface area contributed by atoms with Crippen LogP contribution >= 0.6 is 11.5 Å². The van der Waals surface area contributed by atoms with E-state index in [4.69, 9.17) is 0 Å². The number of nitrogens with one attached hydrogen (secondary N) is 1. The second-order valence-corrected chi connectivity index (χ2v) is 8.89. The molecule has 3 aromatic rings. The maximum Gasteiger partial charge on any atom is 0.267 e. The summed E-state index contributed by atoms with van der Waals surface area (Å²) in [5.41, 5.74) is 3.31. The van der Waals surface area contributed by atoms with E-state index >= 15 is 0 Å². The van der Waals surface area contributed by atoms with Gasteiger partial charge in [-0.05, 0) is 66.5 Å². The predicted molar refractivity (Wildman–Crippen MR) is 124 cm³/mol. The van der Waals surface area contributed by atoms with Crippen LogP contribution in [-0.4, -0.2) is 50.9 Å². The Balaban J connectivity index is 1.60. The number of pyridine rings is 1. The van der Waals surface area contributed by atoms with Crippen molar-refractivity contribution in [2.24, 2.45) is 5.41 Å². The number of carbonyl (C=O) groups is 2. The van der Waals surface area contributed by atoms with E-state index in [1.807, 2.05) is 32.0 Å². The number of aryl methyl sites for hydroxylation is 1. The number of aromatic nitrogens is 3. The first-order valence-electron chi connectivity index (χ1n) is 10.9. The van der Waals surface area contributed by atoms with Crippen LogP contribution in [0.4, 0.5) is 0 Å². The fourth-order valence-electron chi connectivity index (χ4n) is 4.35. The lowest BCUT2D eigenvalue weighted by atomic mass is 9.79. The Hall–Kier alpha value is -3.13. The fourth-order valence-corrected chi connectivity index (χ4v) is 5.06. The normalized spacial score (nSPS) is 18.0. The minimum Gasteiger partial charge on any atom is -0.356 e. The Morgan fingerprint density at radius 2 is 1.97 bits per heavy atom. The number of carbonyl (C=O) groups excluding carboxylic acids is 2. The molecule has 1 aromatic carbocycles. The first kappa shape index (κ1) is 22.1. The van der Waals surface area contributed by atoms with Gasteiger partial charge in [-0.2, -0.15) is 0 Å². The van der Waals surface area contributed by atoms with Crippen LogP contribution in [0.15, 0.2) is 48.8 Å². The molecule has 7 nitrogen and oxygen atoms in total. The Labute approximate surface area is 192 Å². The largest absolute Gasteiger partial charge is 0.356 e. The van der Waals surface area contributed by atoms with Gasteiger partial charge in [0.1, 0.15) is 4.88 Å². The molecule has 1 fully saturated rings. The highest BCUT2D eigenvalue weighted by Gasteiger charge is 2.46. The highest BCUT2D eigenvalue weighted by molar-refractivity contribution is 7.08. The molecule has 8 heteroatoms. The van der Waals surface area contributed by atoms with E-state index in [2.05, 4.69) is 38.1 Å². The Bertz CT molecular complexity index is 1100. The quantitative estimate of drug-likeness (QED) is 0.597. The maximum atomic E-state index is 13.2. The second-order valence-electron chi connectivity index (χ2n) is 8.13. The molecule has 0 bridgehead atoms. The lowest BCUT2D eigenvalue weighted by molar-refractivity contribution is -0.130. The standard InChI is InChI=1S/C24H27N5O2S/c1-3-20-21(32-28-27-20)22(30)29-13-10-24(16-29,23(31)26-4-2)15-17-6-5-7-19(14-17)18-8-11-25-12-9-18/h5-9,11-12,14H,3-4,10,13,15-16H2,1-2H3,(H,26,31)/t24-/m1/s1. The zero-order valence-corrected chi connectivity index (χ0v) is 19.2. The van der Waals surface area contributed by atoms with Gasteiger partial charge >= 0.3 is 0 Å². The van der Waals surface area contributed by atoms with Gasteiger partial charge in [-0.25, -0.2) is 0 Å². The minimum absolute atomic E-state index is 0.00255. The molecule has 1 N–H and O–H groups in total. The second kappa shape index (κ2) is 9.56. The number of nitrogens with zero attached hydrogens (tertiary/aromatic N) is 4. The van der Waals surface area contributed by atoms with Crippen LogP contribution in [0, 0.1) is 5.41 Å². The summed E-state index contributed by atoms with van der Waals surface area (Å²) in [5, 5.41) is 7.08. The van der Waals surface area contributed by atoms with E-state index in [9.17, 15) is 9.59 Å². The van der Waals surface area contributed by atoms with E-state index in [1.54, 1.807) is 17.3 Å². The lowest BCUT2D eigenvalue weighted by Crippen LogP contribution is -2.45. The number of hydrogen-bond acceptors (Lipinski definition) is 6. The van der Waals surface area contributed by atoms with Gasteiger partial charge in [0, 0.05) is 32.0 Å². The van der Waals surface area contributed by atoms with Crippen molar-refractivity contribution in [3.8, 4) is 11.1 Å². The molecule has 2 aromatic heterocycles. The van der Waals surface area contributed by atoms with Crippen molar-refractivity contribution in [1.29, 1.82) is 0 Å². The molecule has 3 heterocycles. The number of hydrogen-bond donors (Lipinski definition) is 1. The first-order valence-corrected chi connectivity index (χ1v) is 11.7. The third kappa shape index (κ3) is 4.41. The Kier molecular flexibility index (Phi) is 6.60. The smallest absolute Gasteiger partial charge is 0.267 e. The summed E-state index contributed by atoms with van der Waals surface area (Å²) in [7, 11) is 0. The first-order chi connectivity index (χ1) is 15.6. The molecule has 166 valence electrons. The van der Waals surface area contributed by atoms with Crippen molar-refractivity contribution in [3.05, 3.63) is 64.9 Å². The number of rotatable bonds is 7.